The van der Waals surface area contributed by atoms with Crippen molar-refractivity contribution in [1.82, 2.24) is 4.57 Å². The average Bonchev–Trinajstić information content (AvgIpc) is 3.81. The lowest BCUT2D eigenvalue weighted by Crippen LogP contribution is -2.21. The van der Waals surface area contributed by atoms with Crippen molar-refractivity contribution in [2.75, 3.05) is 4.90 Å². The van der Waals surface area contributed by atoms with E-state index >= 15 is 0 Å². The number of hydrogen-bond acceptors (Lipinski definition) is 3. The van der Waals surface area contributed by atoms with Gasteiger partial charge in [-0.15, -0.1) is 22.7 Å². The first-order chi connectivity index (χ1) is 24.4. The molecule has 3 aromatic heterocycles. The fourth-order valence-corrected chi connectivity index (χ4v) is 10.0. The van der Waals surface area contributed by atoms with E-state index in [0.717, 1.165) is 17.1 Å². The first-order valence-electron chi connectivity index (χ1n) is 17.2. The van der Waals surface area contributed by atoms with Crippen molar-refractivity contribution < 1.29 is 0 Å². The summed E-state index contributed by atoms with van der Waals surface area (Å²) >= 11 is 3.73. The Morgan fingerprint density at radius 1 is 0.400 bits per heavy atom. The zero-order chi connectivity index (χ0) is 33.6. The van der Waals surface area contributed by atoms with Gasteiger partial charge in [-0.05, 0) is 111 Å². The van der Waals surface area contributed by atoms with Gasteiger partial charge in [-0.2, -0.15) is 0 Å². The minimum absolute atomic E-state index is 0.0347. The van der Waals surface area contributed by atoms with E-state index in [1.165, 1.54) is 73.3 Å². The molecule has 4 heteroatoms. The summed E-state index contributed by atoms with van der Waals surface area (Å²) in [6.45, 7) is 6.87. The number of rotatable bonds is 4. The van der Waals surface area contributed by atoms with Crippen molar-refractivity contribution in [3.05, 3.63) is 152 Å². The van der Waals surface area contributed by atoms with Crippen LogP contribution < -0.4 is 4.90 Å². The molecule has 0 amide bonds. The van der Waals surface area contributed by atoms with Crippen molar-refractivity contribution in [3.8, 4) is 11.1 Å². The highest BCUT2D eigenvalue weighted by Crippen LogP contribution is 2.44. The largest absolute Gasteiger partial charge is 0.335 e. The quantitative estimate of drug-likeness (QED) is 0.180. The fourth-order valence-electron chi connectivity index (χ4n) is 7.85. The van der Waals surface area contributed by atoms with E-state index in [9.17, 15) is 0 Å². The molecule has 0 saturated heterocycles. The van der Waals surface area contributed by atoms with E-state index in [4.69, 9.17) is 0 Å². The van der Waals surface area contributed by atoms with Crippen LogP contribution in [0.1, 0.15) is 20.8 Å². The molecule has 0 bridgehead atoms. The Labute approximate surface area is 299 Å². The Balaban J connectivity index is 1.17. The molecule has 0 aliphatic carbocycles. The van der Waals surface area contributed by atoms with Gasteiger partial charge in [0.1, 0.15) is 0 Å². The molecule has 10 rings (SSSR count). The number of nitrogens with zero attached hydrogens (tertiary/aromatic N) is 2. The van der Waals surface area contributed by atoms with E-state index < -0.39 is 0 Å². The van der Waals surface area contributed by atoms with Gasteiger partial charge in [-0.25, -0.2) is 0 Å². The predicted octanol–water partition coefficient (Wildman–Crippen LogP) is 14.4. The third kappa shape index (κ3) is 4.59. The molecule has 0 radical (unpaired) electrons. The van der Waals surface area contributed by atoms with Crippen LogP contribution in [0.25, 0.3) is 73.3 Å². The monoisotopic (exact) mass is 678 g/mol. The highest BCUT2D eigenvalue weighted by atomic mass is 32.1. The lowest BCUT2D eigenvalue weighted by atomic mass is 10.0. The first kappa shape index (κ1) is 29.5. The van der Waals surface area contributed by atoms with Gasteiger partial charge < -0.3 is 9.47 Å². The van der Waals surface area contributed by atoms with Crippen LogP contribution in [0.3, 0.4) is 0 Å². The normalized spacial score (nSPS) is 12.3. The summed E-state index contributed by atoms with van der Waals surface area (Å²) in [5.41, 5.74) is 8.37. The van der Waals surface area contributed by atoms with Gasteiger partial charge in [-0.3, -0.25) is 0 Å². The summed E-state index contributed by atoms with van der Waals surface area (Å²) < 4.78 is 7.75. The van der Waals surface area contributed by atoms with Gasteiger partial charge >= 0.3 is 0 Å². The second kappa shape index (κ2) is 11.0. The molecule has 0 unspecified atom stereocenters. The summed E-state index contributed by atoms with van der Waals surface area (Å²) in [7, 11) is 0. The Bertz CT molecular complexity index is 2820. The third-order valence-corrected chi connectivity index (χ3v) is 12.3. The minimum Gasteiger partial charge on any atom is -0.335 e. The summed E-state index contributed by atoms with van der Waals surface area (Å²) in [5, 5.41) is 7.80. The number of anilines is 3. The standard InChI is InChI=1S/C46H34N2S2/c1-46(2,3)48-40-16-7-4-13-34(40)37-26-30(19-22-41(37)48)29-11-10-12-31(25-29)47(32-20-23-44-38(27-32)35-14-5-8-17-42(35)49-44)33-21-24-45-39(28-33)36-15-6-9-18-43(36)50-45/h4-28H,1-3H3. The van der Waals surface area contributed by atoms with Crippen LogP contribution in [0.4, 0.5) is 17.1 Å². The van der Waals surface area contributed by atoms with Gasteiger partial charge in [0, 0.05) is 84.8 Å². The maximum atomic E-state index is 2.48. The SMILES string of the molecule is CC(C)(C)n1c2ccccc2c2cc(-c3cccc(N(c4ccc5sc6ccccc6c5c4)c4ccc5sc6ccccc6c5c4)c3)ccc21. The molecule has 0 atom stereocenters. The molecule has 0 spiro atoms. The Morgan fingerprint density at radius 3 is 1.56 bits per heavy atom. The second-order valence-electron chi connectivity index (χ2n) is 14.2. The smallest absolute Gasteiger partial charge is 0.0496 e. The van der Waals surface area contributed by atoms with E-state index in [2.05, 4.69) is 182 Å². The maximum Gasteiger partial charge on any atom is 0.0496 e. The molecule has 3 heterocycles. The van der Waals surface area contributed by atoms with Crippen LogP contribution in [0.5, 0.6) is 0 Å². The fraction of sp³-hybridized carbons (Fsp3) is 0.0870. The van der Waals surface area contributed by atoms with Crippen molar-refractivity contribution in [2.24, 2.45) is 0 Å². The summed E-state index contributed by atoms with van der Waals surface area (Å²) in [6, 6.07) is 56.3. The number of aromatic nitrogens is 1. The molecule has 0 N–H and O–H groups in total. The molecular weight excluding hydrogens is 645 g/mol. The highest BCUT2D eigenvalue weighted by molar-refractivity contribution is 7.26. The molecule has 7 aromatic carbocycles. The molecule has 240 valence electrons. The Kier molecular flexibility index (Phi) is 6.51. The van der Waals surface area contributed by atoms with Crippen LogP contribution in [0.2, 0.25) is 0 Å². The lowest BCUT2D eigenvalue weighted by Gasteiger charge is -2.26. The van der Waals surface area contributed by atoms with E-state index in [-0.39, 0.29) is 5.54 Å². The van der Waals surface area contributed by atoms with E-state index in [1.807, 2.05) is 22.7 Å². The average molecular weight is 679 g/mol. The molecule has 10 aromatic rings. The number of para-hydroxylation sites is 1. The van der Waals surface area contributed by atoms with Crippen molar-refractivity contribution in [3.63, 3.8) is 0 Å². The van der Waals surface area contributed by atoms with Crippen LogP contribution in [0, 0.1) is 0 Å². The summed E-state index contributed by atoms with van der Waals surface area (Å²) in [6.07, 6.45) is 0. The zero-order valence-corrected chi connectivity index (χ0v) is 29.8. The van der Waals surface area contributed by atoms with Gasteiger partial charge in [0.25, 0.3) is 0 Å². The summed E-state index contributed by atoms with van der Waals surface area (Å²) in [4.78, 5) is 2.44. The number of fused-ring (bicyclic) bond motifs is 9. The van der Waals surface area contributed by atoms with Crippen molar-refractivity contribution in [1.29, 1.82) is 0 Å². The maximum absolute atomic E-state index is 2.48. The van der Waals surface area contributed by atoms with Crippen LogP contribution in [-0.2, 0) is 5.54 Å². The van der Waals surface area contributed by atoms with Gasteiger partial charge in [0.15, 0.2) is 0 Å². The third-order valence-electron chi connectivity index (χ3n) is 10.0. The predicted molar refractivity (Wildman–Crippen MR) is 220 cm³/mol. The Hall–Kier alpha value is -5.42. The van der Waals surface area contributed by atoms with Crippen molar-refractivity contribution in [2.45, 2.75) is 26.3 Å². The van der Waals surface area contributed by atoms with Gasteiger partial charge in [-0.1, -0.05) is 72.8 Å². The summed E-state index contributed by atoms with van der Waals surface area (Å²) in [5.74, 6) is 0. The van der Waals surface area contributed by atoms with Crippen LogP contribution >= 0.6 is 22.7 Å². The topological polar surface area (TPSA) is 8.17 Å². The lowest BCUT2D eigenvalue weighted by molar-refractivity contribution is 0.423. The molecule has 2 nitrogen and oxygen atoms in total. The number of benzene rings is 7. The number of hydrogen-bond donors (Lipinski definition) is 0. The highest BCUT2D eigenvalue weighted by Gasteiger charge is 2.21. The second-order valence-corrected chi connectivity index (χ2v) is 16.4. The van der Waals surface area contributed by atoms with Crippen molar-refractivity contribution >= 4 is 102 Å². The zero-order valence-electron chi connectivity index (χ0n) is 28.1. The first-order valence-corrected chi connectivity index (χ1v) is 18.8. The van der Waals surface area contributed by atoms with E-state index in [1.54, 1.807) is 0 Å². The number of thiophene rings is 2. The minimum atomic E-state index is -0.0347. The molecule has 0 saturated carbocycles. The molecular formula is C46H34N2S2. The Morgan fingerprint density at radius 2 is 0.920 bits per heavy atom. The molecule has 50 heavy (non-hydrogen) atoms. The molecule has 0 aliphatic rings. The van der Waals surface area contributed by atoms with Crippen LogP contribution in [0.15, 0.2) is 152 Å². The van der Waals surface area contributed by atoms with E-state index in [0.29, 0.717) is 0 Å². The molecule has 0 aliphatic heterocycles. The van der Waals surface area contributed by atoms with Crippen LogP contribution in [-0.4, -0.2) is 4.57 Å². The van der Waals surface area contributed by atoms with Gasteiger partial charge in [0.2, 0.25) is 0 Å². The van der Waals surface area contributed by atoms with Gasteiger partial charge in [0.05, 0.1) is 0 Å². The molecule has 0 fully saturated rings.